The number of fused-ring (bicyclic) bond motifs is 1. The normalized spacial score (nSPS) is 11.7. The lowest BCUT2D eigenvalue weighted by Gasteiger charge is -2.01. The van der Waals surface area contributed by atoms with Gasteiger partial charge in [-0.05, 0) is 23.8 Å². The molecule has 0 aliphatic carbocycles. The maximum Gasteiger partial charge on any atom is 0.310 e. The molecule has 0 aliphatic rings. The molecule has 0 spiro atoms. The Morgan fingerprint density at radius 2 is 2.05 bits per heavy atom. The number of carbonyl (C=O) groups is 1. The van der Waals surface area contributed by atoms with E-state index in [1.807, 2.05) is 17.8 Å². The Balaban J connectivity index is 2.62. The smallest absolute Gasteiger partial charge is 0.310 e. The number of aromatic nitrogens is 1. The molecule has 0 bridgehead atoms. The van der Waals surface area contributed by atoms with Crippen molar-refractivity contribution in [2.45, 2.75) is 11.3 Å². The first kappa shape index (κ1) is 13.6. The number of sulfone groups is 1. The molecule has 2 aromatic rings. The van der Waals surface area contributed by atoms with Crippen molar-refractivity contribution in [3.05, 3.63) is 30.0 Å². The summed E-state index contributed by atoms with van der Waals surface area (Å²) in [7, 11) is -0.0821. The zero-order valence-electron chi connectivity index (χ0n) is 11.0. The maximum absolute atomic E-state index is 11.6. The van der Waals surface area contributed by atoms with Gasteiger partial charge in [0.05, 0.1) is 18.4 Å². The van der Waals surface area contributed by atoms with Crippen molar-refractivity contribution in [2.24, 2.45) is 7.05 Å². The summed E-state index contributed by atoms with van der Waals surface area (Å²) in [6.45, 7) is 0. The molecule has 0 fully saturated rings. The Morgan fingerprint density at radius 1 is 1.37 bits per heavy atom. The van der Waals surface area contributed by atoms with Gasteiger partial charge in [-0.2, -0.15) is 0 Å². The number of benzene rings is 1. The second kappa shape index (κ2) is 4.70. The first-order chi connectivity index (χ1) is 8.82. The molecule has 0 radical (unpaired) electrons. The molecule has 0 unspecified atom stereocenters. The van der Waals surface area contributed by atoms with Crippen molar-refractivity contribution in [3.63, 3.8) is 0 Å². The number of esters is 1. The molecule has 1 aromatic carbocycles. The Hall–Kier alpha value is -1.82. The molecule has 102 valence electrons. The van der Waals surface area contributed by atoms with Crippen LogP contribution < -0.4 is 0 Å². The fourth-order valence-electron chi connectivity index (χ4n) is 2.05. The van der Waals surface area contributed by atoms with Crippen molar-refractivity contribution in [1.82, 2.24) is 4.57 Å². The number of nitrogens with zero attached hydrogens (tertiary/aromatic N) is 1. The van der Waals surface area contributed by atoms with Crippen LogP contribution >= 0.6 is 0 Å². The molecule has 19 heavy (non-hydrogen) atoms. The van der Waals surface area contributed by atoms with E-state index in [2.05, 4.69) is 4.74 Å². The van der Waals surface area contributed by atoms with Gasteiger partial charge in [0.15, 0.2) is 9.84 Å². The minimum atomic E-state index is -3.26. The average molecular weight is 281 g/mol. The second-order valence-electron chi connectivity index (χ2n) is 4.47. The van der Waals surface area contributed by atoms with Gasteiger partial charge in [-0.1, -0.05) is 0 Å². The molecule has 2 rings (SSSR count). The molecule has 0 atom stereocenters. The van der Waals surface area contributed by atoms with E-state index in [-0.39, 0.29) is 17.3 Å². The number of carbonyl (C=O) groups excluding carboxylic acids is 1. The van der Waals surface area contributed by atoms with Crippen LogP contribution in [0.15, 0.2) is 29.3 Å². The van der Waals surface area contributed by atoms with Crippen LogP contribution in [0, 0.1) is 0 Å². The zero-order valence-corrected chi connectivity index (χ0v) is 11.8. The highest BCUT2D eigenvalue weighted by molar-refractivity contribution is 7.90. The summed E-state index contributed by atoms with van der Waals surface area (Å²) in [6.07, 6.45) is 3.10. The summed E-state index contributed by atoms with van der Waals surface area (Å²) >= 11 is 0. The molecule has 0 aliphatic heterocycles. The topological polar surface area (TPSA) is 65.4 Å². The van der Waals surface area contributed by atoms with Gasteiger partial charge < -0.3 is 9.30 Å². The lowest BCUT2D eigenvalue weighted by molar-refractivity contribution is -0.139. The van der Waals surface area contributed by atoms with Crippen LogP contribution in [0.25, 0.3) is 10.9 Å². The quantitative estimate of drug-likeness (QED) is 0.795. The highest BCUT2D eigenvalue weighted by atomic mass is 32.2. The van der Waals surface area contributed by atoms with Crippen LogP contribution in [-0.2, 0) is 32.8 Å². The van der Waals surface area contributed by atoms with Crippen LogP contribution in [0.2, 0.25) is 0 Å². The summed E-state index contributed by atoms with van der Waals surface area (Å²) in [6, 6.07) is 4.91. The molecule has 6 heteroatoms. The summed E-state index contributed by atoms with van der Waals surface area (Å²) < 4.78 is 29.7. The predicted octanol–water partition coefficient (Wildman–Crippen LogP) is 1.30. The minimum Gasteiger partial charge on any atom is -0.469 e. The Bertz CT molecular complexity index is 743. The minimum absolute atomic E-state index is 0.126. The third-order valence-electron chi connectivity index (χ3n) is 3.03. The van der Waals surface area contributed by atoms with Crippen LogP contribution in [0.3, 0.4) is 0 Å². The number of methoxy groups -OCH3 is 1. The van der Waals surface area contributed by atoms with Crippen LogP contribution in [-0.4, -0.2) is 32.3 Å². The van der Waals surface area contributed by atoms with Crippen LogP contribution in [0.1, 0.15) is 5.56 Å². The molecule has 0 saturated carbocycles. The first-order valence-corrected chi connectivity index (χ1v) is 7.57. The fraction of sp³-hybridized carbons (Fsp3) is 0.308. The maximum atomic E-state index is 11.6. The summed E-state index contributed by atoms with van der Waals surface area (Å²) in [5, 5.41) is 0.760. The lowest BCUT2D eigenvalue weighted by atomic mass is 10.1. The van der Waals surface area contributed by atoms with Gasteiger partial charge in [0, 0.05) is 30.4 Å². The van der Waals surface area contributed by atoms with Crippen molar-refractivity contribution in [2.75, 3.05) is 13.4 Å². The van der Waals surface area contributed by atoms with E-state index in [0.717, 1.165) is 22.7 Å². The molecule has 1 heterocycles. The Morgan fingerprint density at radius 3 is 2.63 bits per heavy atom. The second-order valence-corrected chi connectivity index (χ2v) is 6.49. The molecule has 1 aromatic heterocycles. The highest BCUT2D eigenvalue weighted by Crippen LogP contribution is 2.24. The lowest BCUT2D eigenvalue weighted by Crippen LogP contribution is -2.04. The summed E-state index contributed by atoms with van der Waals surface area (Å²) in [5.41, 5.74) is 1.64. The SMILES string of the molecule is COC(=O)Cc1cn(C)c2ccc(S(C)(=O)=O)cc12. The Labute approximate surface area is 111 Å². The summed E-state index contributed by atoms with van der Waals surface area (Å²) in [4.78, 5) is 11.6. The monoisotopic (exact) mass is 281 g/mol. The van der Waals surface area contributed by atoms with Gasteiger partial charge in [-0.15, -0.1) is 0 Å². The highest BCUT2D eigenvalue weighted by Gasteiger charge is 2.14. The summed E-state index contributed by atoms with van der Waals surface area (Å²) in [5.74, 6) is -0.350. The zero-order chi connectivity index (χ0) is 14.2. The van der Waals surface area contributed by atoms with Gasteiger partial charge in [0.2, 0.25) is 0 Å². The van der Waals surface area contributed by atoms with Gasteiger partial charge in [-0.3, -0.25) is 4.79 Å². The fourth-order valence-corrected chi connectivity index (χ4v) is 2.70. The average Bonchev–Trinajstić information content (AvgIpc) is 2.65. The van der Waals surface area contributed by atoms with Crippen molar-refractivity contribution >= 4 is 26.7 Å². The number of hydrogen-bond acceptors (Lipinski definition) is 4. The van der Waals surface area contributed by atoms with E-state index >= 15 is 0 Å². The van der Waals surface area contributed by atoms with E-state index in [1.165, 1.54) is 7.11 Å². The van der Waals surface area contributed by atoms with Gasteiger partial charge in [0.25, 0.3) is 0 Å². The van der Waals surface area contributed by atoms with Crippen LogP contribution in [0.5, 0.6) is 0 Å². The number of aryl methyl sites for hydroxylation is 1. The molecule has 0 saturated heterocycles. The van der Waals surface area contributed by atoms with Crippen molar-refractivity contribution < 1.29 is 17.9 Å². The van der Waals surface area contributed by atoms with E-state index in [9.17, 15) is 13.2 Å². The van der Waals surface area contributed by atoms with Crippen LogP contribution in [0.4, 0.5) is 0 Å². The number of rotatable bonds is 3. The van der Waals surface area contributed by atoms with E-state index in [4.69, 9.17) is 0 Å². The number of ether oxygens (including phenoxy) is 1. The Kier molecular flexibility index (Phi) is 3.36. The third-order valence-corrected chi connectivity index (χ3v) is 4.14. The van der Waals surface area contributed by atoms with Gasteiger partial charge in [0.1, 0.15) is 0 Å². The molecular weight excluding hydrogens is 266 g/mol. The predicted molar refractivity (Wildman–Crippen MR) is 71.7 cm³/mol. The van der Waals surface area contributed by atoms with E-state index in [1.54, 1.807) is 18.2 Å². The standard InChI is InChI=1S/C13H15NO4S/c1-14-8-9(6-13(15)18-2)11-7-10(19(3,16)17)4-5-12(11)14/h4-5,7-8H,6H2,1-3H3. The molecule has 5 nitrogen and oxygen atoms in total. The van der Waals surface area contributed by atoms with Gasteiger partial charge >= 0.3 is 5.97 Å². The van der Waals surface area contributed by atoms with E-state index < -0.39 is 9.84 Å². The van der Waals surface area contributed by atoms with E-state index in [0.29, 0.717) is 0 Å². The molecule has 0 N–H and O–H groups in total. The molecule has 0 amide bonds. The molecular formula is C13H15NO4S. The van der Waals surface area contributed by atoms with Gasteiger partial charge in [-0.25, -0.2) is 8.42 Å². The largest absolute Gasteiger partial charge is 0.469 e. The number of hydrogen-bond donors (Lipinski definition) is 0. The van der Waals surface area contributed by atoms with Crippen molar-refractivity contribution in [1.29, 1.82) is 0 Å². The van der Waals surface area contributed by atoms with Crippen molar-refractivity contribution in [3.8, 4) is 0 Å². The first-order valence-electron chi connectivity index (χ1n) is 5.68. The third kappa shape index (κ3) is 2.63.